The molecule has 0 saturated heterocycles. The van der Waals surface area contributed by atoms with Gasteiger partial charge >= 0.3 is 0 Å². The molecule has 0 aliphatic heterocycles. The van der Waals surface area contributed by atoms with Crippen LogP contribution in [0.4, 0.5) is 5.95 Å². The lowest BCUT2D eigenvalue weighted by atomic mass is 10.5. The second-order valence-corrected chi connectivity index (χ2v) is 4.08. The molecule has 0 fully saturated rings. The third-order valence-corrected chi connectivity index (χ3v) is 2.46. The van der Waals surface area contributed by atoms with Crippen LogP contribution in [0.3, 0.4) is 0 Å². The second-order valence-electron chi connectivity index (χ2n) is 3.23. The fourth-order valence-electron chi connectivity index (χ4n) is 1.14. The number of anilines is 1. The molecule has 0 radical (unpaired) electrons. The molecule has 0 amide bonds. The Labute approximate surface area is 104 Å². The van der Waals surface area contributed by atoms with E-state index in [9.17, 15) is 0 Å². The maximum Gasteiger partial charge on any atom is 0.232 e. The topological polar surface area (TPSA) is 59.1 Å². The van der Waals surface area contributed by atoms with Gasteiger partial charge in [0.1, 0.15) is 0 Å². The molecule has 0 atom stereocenters. The van der Waals surface area contributed by atoms with Crippen LogP contribution in [-0.4, -0.2) is 36.7 Å². The Hall–Kier alpha value is -0.880. The Bertz CT molecular complexity index is 322. The van der Waals surface area contributed by atoms with Crippen molar-refractivity contribution in [3.05, 3.63) is 10.7 Å². The second kappa shape index (κ2) is 7.40. The number of halogens is 1. The van der Waals surface area contributed by atoms with Gasteiger partial charge in [0.2, 0.25) is 11.8 Å². The van der Waals surface area contributed by atoms with Gasteiger partial charge < -0.3 is 15.4 Å². The summed E-state index contributed by atoms with van der Waals surface area (Å²) in [4.78, 5) is 8.32. The zero-order valence-corrected chi connectivity index (χ0v) is 11.2. The minimum Gasteiger partial charge on any atom is -0.480 e. The van der Waals surface area contributed by atoms with Crippen molar-refractivity contribution >= 4 is 21.9 Å². The number of nitrogens with one attached hydrogen (secondary N) is 2. The van der Waals surface area contributed by atoms with Crippen LogP contribution in [0, 0.1) is 0 Å². The number of nitrogens with zero attached hydrogens (tertiary/aromatic N) is 2. The Balaban J connectivity index is 2.36. The summed E-state index contributed by atoms with van der Waals surface area (Å²) < 4.78 is 5.83. The van der Waals surface area contributed by atoms with E-state index in [0.29, 0.717) is 11.8 Å². The zero-order chi connectivity index (χ0) is 11.8. The number of rotatable bonds is 7. The first-order chi connectivity index (χ1) is 7.77. The van der Waals surface area contributed by atoms with Crippen molar-refractivity contribution in [3.63, 3.8) is 0 Å². The van der Waals surface area contributed by atoms with E-state index in [0.717, 1.165) is 30.5 Å². The lowest BCUT2D eigenvalue weighted by molar-refractivity contribution is 0.394. The molecule has 1 aromatic heterocycles. The van der Waals surface area contributed by atoms with Crippen molar-refractivity contribution in [2.24, 2.45) is 0 Å². The minimum atomic E-state index is 0.541. The van der Waals surface area contributed by atoms with Crippen LogP contribution in [0.25, 0.3) is 0 Å². The van der Waals surface area contributed by atoms with Crippen molar-refractivity contribution in [2.45, 2.75) is 13.3 Å². The molecular formula is C10H17BrN4O. The van der Waals surface area contributed by atoms with Gasteiger partial charge in [0.15, 0.2) is 0 Å². The van der Waals surface area contributed by atoms with E-state index in [1.807, 2.05) is 0 Å². The third kappa shape index (κ3) is 4.32. The van der Waals surface area contributed by atoms with Crippen LogP contribution in [0.5, 0.6) is 5.88 Å². The van der Waals surface area contributed by atoms with Crippen molar-refractivity contribution in [1.29, 1.82) is 0 Å². The molecule has 1 aromatic rings. The highest BCUT2D eigenvalue weighted by Crippen LogP contribution is 2.21. The highest BCUT2D eigenvalue weighted by molar-refractivity contribution is 9.10. The summed E-state index contributed by atoms with van der Waals surface area (Å²) in [5, 5.41) is 6.41. The van der Waals surface area contributed by atoms with Gasteiger partial charge in [0, 0.05) is 13.1 Å². The van der Waals surface area contributed by atoms with Crippen LogP contribution in [0.15, 0.2) is 10.7 Å². The molecule has 0 aromatic carbocycles. The molecular weight excluding hydrogens is 272 g/mol. The molecule has 16 heavy (non-hydrogen) atoms. The van der Waals surface area contributed by atoms with E-state index in [4.69, 9.17) is 4.74 Å². The van der Waals surface area contributed by atoms with E-state index in [1.165, 1.54) is 0 Å². The molecule has 0 unspecified atom stereocenters. The summed E-state index contributed by atoms with van der Waals surface area (Å²) in [6.07, 6.45) is 2.82. The molecule has 0 aliphatic rings. The molecule has 0 saturated carbocycles. The van der Waals surface area contributed by atoms with Gasteiger partial charge in [-0.15, -0.1) is 0 Å². The lowest BCUT2D eigenvalue weighted by Gasteiger charge is -2.07. The van der Waals surface area contributed by atoms with E-state index in [-0.39, 0.29) is 0 Å². The van der Waals surface area contributed by atoms with Gasteiger partial charge in [-0.1, -0.05) is 6.92 Å². The molecule has 1 heterocycles. The molecule has 5 nitrogen and oxygen atoms in total. The predicted octanol–water partition coefficient (Wildman–Crippen LogP) is 1.66. The van der Waals surface area contributed by atoms with Gasteiger partial charge in [-0.25, -0.2) is 4.98 Å². The third-order valence-electron chi connectivity index (χ3n) is 1.92. The van der Waals surface area contributed by atoms with Crippen molar-refractivity contribution in [1.82, 2.24) is 15.3 Å². The van der Waals surface area contributed by atoms with Gasteiger partial charge in [-0.05, 0) is 28.9 Å². The van der Waals surface area contributed by atoms with Crippen LogP contribution in [0.1, 0.15) is 13.3 Å². The molecule has 0 bridgehead atoms. The monoisotopic (exact) mass is 288 g/mol. The van der Waals surface area contributed by atoms with E-state index >= 15 is 0 Å². The Morgan fingerprint density at radius 2 is 2.19 bits per heavy atom. The Kier molecular flexibility index (Phi) is 6.10. The van der Waals surface area contributed by atoms with Gasteiger partial charge in [0.25, 0.3) is 0 Å². The first-order valence-corrected chi connectivity index (χ1v) is 6.08. The van der Waals surface area contributed by atoms with E-state index in [2.05, 4.69) is 43.5 Å². The summed E-state index contributed by atoms with van der Waals surface area (Å²) >= 11 is 3.30. The smallest absolute Gasteiger partial charge is 0.232 e. The van der Waals surface area contributed by atoms with Gasteiger partial charge in [0.05, 0.1) is 17.8 Å². The Morgan fingerprint density at radius 3 is 2.88 bits per heavy atom. The number of methoxy groups -OCH3 is 1. The van der Waals surface area contributed by atoms with Crippen LogP contribution in [-0.2, 0) is 0 Å². The maximum atomic E-state index is 5.08. The van der Waals surface area contributed by atoms with Crippen molar-refractivity contribution in [3.8, 4) is 5.88 Å². The summed E-state index contributed by atoms with van der Waals surface area (Å²) in [7, 11) is 1.58. The lowest BCUT2D eigenvalue weighted by Crippen LogP contribution is -2.23. The first kappa shape index (κ1) is 13.2. The fourth-order valence-corrected chi connectivity index (χ4v) is 1.50. The minimum absolute atomic E-state index is 0.541. The quantitative estimate of drug-likeness (QED) is 0.748. The van der Waals surface area contributed by atoms with E-state index in [1.54, 1.807) is 13.3 Å². The molecule has 90 valence electrons. The molecule has 0 aliphatic carbocycles. The molecule has 1 rings (SSSR count). The maximum absolute atomic E-state index is 5.08. The highest BCUT2D eigenvalue weighted by atomic mass is 79.9. The predicted molar refractivity (Wildman–Crippen MR) is 67.9 cm³/mol. The van der Waals surface area contributed by atoms with Crippen LogP contribution < -0.4 is 15.4 Å². The Morgan fingerprint density at radius 1 is 1.38 bits per heavy atom. The molecule has 6 heteroatoms. The standard InChI is InChI=1S/C10H17BrN4O/c1-3-4-12-5-6-13-10-14-7-8(11)9(15-10)16-2/h7,12H,3-6H2,1-2H3,(H,13,14,15). The van der Waals surface area contributed by atoms with Crippen LogP contribution in [0.2, 0.25) is 0 Å². The van der Waals surface area contributed by atoms with Gasteiger partial charge in [-0.3, -0.25) is 0 Å². The summed E-state index contributed by atoms with van der Waals surface area (Å²) in [5.41, 5.74) is 0. The number of aromatic nitrogens is 2. The zero-order valence-electron chi connectivity index (χ0n) is 9.59. The van der Waals surface area contributed by atoms with Crippen molar-refractivity contribution in [2.75, 3.05) is 32.1 Å². The summed E-state index contributed by atoms with van der Waals surface area (Å²) in [6.45, 7) is 4.87. The van der Waals surface area contributed by atoms with Gasteiger partial charge in [-0.2, -0.15) is 4.98 Å². The molecule has 2 N–H and O–H groups in total. The largest absolute Gasteiger partial charge is 0.480 e. The normalized spacial score (nSPS) is 10.2. The summed E-state index contributed by atoms with van der Waals surface area (Å²) in [5.74, 6) is 1.12. The number of ether oxygens (including phenoxy) is 1. The SMILES string of the molecule is CCCNCCNc1ncc(Br)c(OC)n1. The van der Waals surface area contributed by atoms with E-state index < -0.39 is 0 Å². The number of hydrogen-bond acceptors (Lipinski definition) is 5. The first-order valence-electron chi connectivity index (χ1n) is 5.29. The average Bonchev–Trinajstić information content (AvgIpc) is 2.31. The van der Waals surface area contributed by atoms with Crippen LogP contribution >= 0.6 is 15.9 Å². The average molecular weight is 289 g/mol. The highest BCUT2D eigenvalue weighted by Gasteiger charge is 2.03. The summed E-state index contributed by atoms with van der Waals surface area (Å²) in [6, 6.07) is 0. The number of hydrogen-bond donors (Lipinski definition) is 2. The fraction of sp³-hybridized carbons (Fsp3) is 0.600. The van der Waals surface area contributed by atoms with Crippen molar-refractivity contribution < 1.29 is 4.74 Å². The molecule has 0 spiro atoms.